The largest absolute Gasteiger partial charge is 0.344 e. The monoisotopic (exact) mass is 264 g/mol. The topological polar surface area (TPSA) is 50.2 Å². The number of amides is 1. The van der Waals surface area contributed by atoms with E-state index in [9.17, 15) is 4.79 Å². The second kappa shape index (κ2) is 5.74. The van der Waals surface area contributed by atoms with E-state index in [4.69, 9.17) is 0 Å². The lowest BCUT2D eigenvalue weighted by atomic mass is 10.1. The van der Waals surface area contributed by atoms with Gasteiger partial charge in [-0.2, -0.15) is 0 Å². The van der Waals surface area contributed by atoms with Gasteiger partial charge in [0.05, 0.1) is 5.69 Å². The Morgan fingerprint density at radius 1 is 1.53 bits per heavy atom. The van der Waals surface area contributed by atoms with Gasteiger partial charge in [-0.3, -0.25) is 4.79 Å². The molecule has 1 aromatic rings. The second-order valence-electron chi connectivity index (χ2n) is 5.10. The summed E-state index contributed by atoms with van der Waals surface area (Å²) in [5.41, 5.74) is 2.35. The molecule has 106 valence electrons. The maximum absolute atomic E-state index is 12.4. The number of hydrogen-bond donors (Lipinski definition) is 1. The molecule has 1 N–H and O–H groups in total. The number of hydrogen-bond acceptors (Lipinski definition) is 3. The molecule has 1 unspecified atom stereocenters. The smallest absolute Gasteiger partial charge is 0.245 e. The molecule has 1 amide bonds. The summed E-state index contributed by atoms with van der Waals surface area (Å²) in [5, 5.41) is 3.34. The minimum atomic E-state index is -0.158. The van der Waals surface area contributed by atoms with Gasteiger partial charge in [-0.05, 0) is 13.8 Å². The number of fused-ring (bicyclic) bond motifs is 1. The fourth-order valence-corrected chi connectivity index (χ4v) is 2.68. The van der Waals surface area contributed by atoms with E-state index in [1.165, 1.54) is 5.69 Å². The first-order chi connectivity index (χ1) is 9.10. The van der Waals surface area contributed by atoms with Gasteiger partial charge >= 0.3 is 0 Å². The van der Waals surface area contributed by atoms with Gasteiger partial charge in [0.25, 0.3) is 0 Å². The van der Waals surface area contributed by atoms with Crippen molar-refractivity contribution in [3.05, 3.63) is 17.2 Å². The number of carbonyl (C=O) groups excluding carboxylic acids is 1. The van der Waals surface area contributed by atoms with Crippen molar-refractivity contribution in [2.24, 2.45) is 0 Å². The summed E-state index contributed by atoms with van der Waals surface area (Å²) in [6.45, 7) is 8.60. The summed E-state index contributed by atoms with van der Waals surface area (Å²) in [6, 6.07) is -0.158. The lowest BCUT2D eigenvalue weighted by molar-refractivity contribution is -0.132. The molecule has 2 heterocycles. The zero-order chi connectivity index (χ0) is 14.0. The number of rotatable bonds is 4. The molecule has 1 aliphatic rings. The van der Waals surface area contributed by atoms with Gasteiger partial charge in [-0.1, -0.05) is 6.92 Å². The zero-order valence-electron chi connectivity index (χ0n) is 12.4. The zero-order valence-corrected chi connectivity index (χ0v) is 12.4. The van der Waals surface area contributed by atoms with Crippen LogP contribution < -0.4 is 5.32 Å². The van der Waals surface area contributed by atoms with Crippen molar-refractivity contribution < 1.29 is 4.79 Å². The molecular weight excluding hydrogens is 240 g/mol. The number of aryl methyl sites for hydroxylation is 1. The minimum Gasteiger partial charge on any atom is -0.344 e. The molecule has 0 saturated carbocycles. The van der Waals surface area contributed by atoms with Crippen LogP contribution in [0.3, 0.4) is 0 Å². The van der Waals surface area contributed by atoms with Crippen LogP contribution in [0, 0.1) is 0 Å². The lowest BCUT2D eigenvalue weighted by Gasteiger charge is -2.25. The van der Waals surface area contributed by atoms with Gasteiger partial charge in [0, 0.05) is 45.2 Å². The van der Waals surface area contributed by atoms with E-state index in [-0.39, 0.29) is 11.9 Å². The number of imidazole rings is 1. The summed E-state index contributed by atoms with van der Waals surface area (Å²) < 4.78 is 2.16. The average Bonchev–Trinajstić information content (AvgIpc) is 2.83. The predicted molar refractivity (Wildman–Crippen MR) is 75.0 cm³/mol. The molecule has 0 bridgehead atoms. The standard InChI is InChI=1S/C14H24N4O/c1-5-13-16-11-9-15-8-7-12(11)18(13)10(3)14(19)17(4)6-2/h10,15H,5-9H2,1-4H3. The Labute approximate surface area is 115 Å². The highest BCUT2D eigenvalue weighted by molar-refractivity contribution is 5.80. The van der Waals surface area contributed by atoms with Crippen molar-refractivity contribution in [1.82, 2.24) is 19.8 Å². The molecule has 1 aromatic heterocycles. The molecular formula is C14H24N4O. The predicted octanol–water partition coefficient (Wildman–Crippen LogP) is 1.13. The van der Waals surface area contributed by atoms with E-state index in [1.54, 1.807) is 4.90 Å². The first-order valence-corrected chi connectivity index (χ1v) is 7.14. The Kier molecular flexibility index (Phi) is 4.24. The van der Waals surface area contributed by atoms with Crippen molar-refractivity contribution >= 4 is 5.91 Å². The third-order valence-electron chi connectivity index (χ3n) is 3.91. The Balaban J connectivity index is 2.37. The maximum atomic E-state index is 12.4. The van der Waals surface area contributed by atoms with Gasteiger partial charge in [-0.15, -0.1) is 0 Å². The minimum absolute atomic E-state index is 0.158. The van der Waals surface area contributed by atoms with Crippen LogP contribution in [0.4, 0.5) is 0 Å². The number of aromatic nitrogens is 2. The van der Waals surface area contributed by atoms with E-state index in [0.717, 1.165) is 44.0 Å². The van der Waals surface area contributed by atoms with Crippen LogP contribution in [-0.4, -0.2) is 40.5 Å². The number of nitrogens with one attached hydrogen (secondary N) is 1. The van der Waals surface area contributed by atoms with Gasteiger partial charge in [0.2, 0.25) is 5.91 Å². The quantitative estimate of drug-likeness (QED) is 0.887. The molecule has 0 spiro atoms. The molecule has 1 aliphatic heterocycles. The van der Waals surface area contributed by atoms with Crippen LogP contribution in [0.2, 0.25) is 0 Å². The molecule has 0 radical (unpaired) electrons. The van der Waals surface area contributed by atoms with E-state index in [2.05, 4.69) is 21.8 Å². The SMILES string of the molecule is CCc1nc2c(n1C(C)C(=O)N(C)CC)CCNC2. The summed E-state index contributed by atoms with van der Waals surface area (Å²) >= 11 is 0. The van der Waals surface area contributed by atoms with Crippen molar-refractivity contribution in [2.75, 3.05) is 20.1 Å². The third-order valence-corrected chi connectivity index (χ3v) is 3.91. The number of likely N-dealkylation sites (N-methyl/N-ethyl adjacent to an activating group) is 1. The first-order valence-electron chi connectivity index (χ1n) is 7.14. The maximum Gasteiger partial charge on any atom is 0.245 e. The summed E-state index contributed by atoms with van der Waals surface area (Å²) in [5.74, 6) is 1.19. The molecule has 0 aliphatic carbocycles. The van der Waals surface area contributed by atoms with Gasteiger partial charge < -0.3 is 14.8 Å². The van der Waals surface area contributed by atoms with Crippen molar-refractivity contribution in [3.8, 4) is 0 Å². The van der Waals surface area contributed by atoms with Crippen LogP contribution in [0.1, 0.15) is 44.0 Å². The van der Waals surface area contributed by atoms with Gasteiger partial charge in [0.15, 0.2) is 0 Å². The summed E-state index contributed by atoms with van der Waals surface area (Å²) in [6.07, 6.45) is 1.82. The molecule has 5 heteroatoms. The molecule has 2 rings (SSSR count). The molecule has 1 atom stereocenters. The fraction of sp³-hybridized carbons (Fsp3) is 0.714. The Morgan fingerprint density at radius 3 is 2.89 bits per heavy atom. The summed E-state index contributed by atoms with van der Waals surface area (Å²) in [4.78, 5) is 18.9. The Hall–Kier alpha value is -1.36. The van der Waals surface area contributed by atoms with Crippen LogP contribution in [-0.2, 0) is 24.2 Å². The molecule has 0 aromatic carbocycles. The van der Waals surface area contributed by atoms with Gasteiger partial charge in [0.1, 0.15) is 11.9 Å². The molecule has 5 nitrogen and oxygen atoms in total. The first kappa shape index (κ1) is 14.1. The highest BCUT2D eigenvalue weighted by atomic mass is 16.2. The highest BCUT2D eigenvalue weighted by Crippen LogP contribution is 2.22. The fourth-order valence-electron chi connectivity index (χ4n) is 2.68. The molecule has 19 heavy (non-hydrogen) atoms. The molecule has 0 fully saturated rings. The van der Waals surface area contributed by atoms with Crippen molar-refractivity contribution in [3.63, 3.8) is 0 Å². The van der Waals surface area contributed by atoms with Crippen LogP contribution in [0.15, 0.2) is 0 Å². The number of nitrogens with zero attached hydrogens (tertiary/aromatic N) is 3. The Bertz CT molecular complexity index is 466. The van der Waals surface area contributed by atoms with Crippen LogP contribution in [0.25, 0.3) is 0 Å². The normalized spacial score (nSPS) is 16.0. The number of carbonyl (C=O) groups is 1. The highest BCUT2D eigenvalue weighted by Gasteiger charge is 2.26. The van der Waals surface area contributed by atoms with Crippen LogP contribution >= 0.6 is 0 Å². The second-order valence-corrected chi connectivity index (χ2v) is 5.10. The van der Waals surface area contributed by atoms with E-state index < -0.39 is 0 Å². The van der Waals surface area contributed by atoms with E-state index >= 15 is 0 Å². The van der Waals surface area contributed by atoms with Crippen LogP contribution in [0.5, 0.6) is 0 Å². The van der Waals surface area contributed by atoms with Crippen molar-refractivity contribution in [2.45, 2.75) is 46.2 Å². The third kappa shape index (κ3) is 2.52. The van der Waals surface area contributed by atoms with E-state index in [0.29, 0.717) is 0 Å². The molecule has 0 saturated heterocycles. The van der Waals surface area contributed by atoms with E-state index in [1.807, 2.05) is 20.9 Å². The average molecular weight is 264 g/mol. The lowest BCUT2D eigenvalue weighted by Crippen LogP contribution is -2.35. The summed E-state index contributed by atoms with van der Waals surface area (Å²) in [7, 11) is 1.86. The Morgan fingerprint density at radius 2 is 2.26 bits per heavy atom. The van der Waals surface area contributed by atoms with Gasteiger partial charge in [-0.25, -0.2) is 4.98 Å². The van der Waals surface area contributed by atoms with Crippen molar-refractivity contribution in [1.29, 1.82) is 0 Å².